The van der Waals surface area contributed by atoms with Gasteiger partial charge in [-0.3, -0.25) is 9.59 Å². The third-order valence-corrected chi connectivity index (χ3v) is 4.74. The Labute approximate surface area is 130 Å². The Morgan fingerprint density at radius 3 is 2.67 bits per heavy atom. The van der Waals surface area contributed by atoms with Gasteiger partial charge in [-0.2, -0.15) is 0 Å². The molecule has 0 aromatic heterocycles. The van der Waals surface area contributed by atoms with Crippen LogP contribution in [0, 0.1) is 5.82 Å². The molecule has 0 unspecified atom stereocenters. The molecule has 2 aliphatic rings. The molecule has 1 N–H and O–H groups in total. The van der Waals surface area contributed by atoms with Gasteiger partial charge in [-0.05, 0) is 25.0 Å². The zero-order valence-corrected chi connectivity index (χ0v) is 13.1. The van der Waals surface area contributed by atoms with Crippen molar-refractivity contribution in [1.29, 1.82) is 0 Å². The zero-order valence-electron chi connectivity index (χ0n) is 11.5. The van der Waals surface area contributed by atoms with E-state index in [9.17, 15) is 14.0 Å². The van der Waals surface area contributed by atoms with Gasteiger partial charge in [-0.1, -0.05) is 34.8 Å². The Balaban J connectivity index is 1.84. The Morgan fingerprint density at radius 1 is 1.29 bits per heavy atom. The van der Waals surface area contributed by atoms with Crippen molar-refractivity contribution in [2.75, 3.05) is 6.54 Å². The maximum Gasteiger partial charge on any atom is 0.249 e. The van der Waals surface area contributed by atoms with Crippen molar-refractivity contribution >= 4 is 27.7 Å². The fourth-order valence-corrected chi connectivity index (χ4v) is 3.54. The molecule has 1 saturated heterocycles. The summed E-state index contributed by atoms with van der Waals surface area (Å²) in [6.45, 7) is 0.128. The van der Waals surface area contributed by atoms with E-state index < -0.39 is 5.54 Å². The summed E-state index contributed by atoms with van der Waals surface area (Å²) in [5.41, 5.74) is -0.323. The highest BCUT2D eigenvalue weighted by molar-refractivity contribution is 9.10. The van der Waals surface area contributed by atoms with Gasteiger partial charge in [-0.15, -0.1) is 0 Å². The number of carbonyl (C=O) groups excluding carboxylic acids is 2. The number of nitrogens with zero attached hydrogens (tertiary/aromatic N) is 1. The molecule has 1 aromatic carbocycles. The van der Waals surface area contributed by atoms with E-state index in [2.05, 4.69) is 21.2 Å². The maximum absolute atomic E-state index is 13.9. The van der Waals surface area contributed by atoms with E-state index in [4.69, 9.17) is 0 Å². The predicted octanol–water partition coefficient (Wildman–Crippen LogP) is 2.36. The first-order valence-electron chi connectivity index (χ1n) is 7.04. The second-order valence-corrected chi connectivity index (χ2v) is 6.65. The fourth-order valence-electron chi connectivity index (χ4n) is 3.21. The van der Waals surface area contributed by atoms with Gasteiger partial charge in [0.05, 0.1) is 6.54 Å². The zero-order chi connectivity index (χ0) is 15.0. The lowest BCUT2D eigenvalue weighted by Crippen LogP contribution is -2.65. The van der Waals surface area contributed by atoms with E-state index in [1.165, 1.54) is 11.0 Å². The van der Waals surface area contributed by atoms with Crippen LogP contribution >= 0.6 is 15.9 Å². The first-order valence-corrected chi connectivity index (χ1v) is 7.84. The van der Waals surface area contributed by atoms with Crippen molar-refractivity contribution in [2.45, 2.75) is 37.8 Å². The minimum Gasteiger partial charge on any atom is -0.340 e. The summed E-state index contributed by atoms with van der Waals surface area (Å²) >= 11 is 3.21. The molecule has 1 spiro atoms. The average Bonchev–Trinajstić information content (AvgIpc) is 2.88. The van der Waals surface area contributed by atoms with Gasteiger partial charge in [0.15, 0.2) is 0 Å². The molecule has 21 heavy (non-hydrogen) atoms. The Morgan fingerprint density at radius 2 is 2.00 bits per heavy atom. The summed E-state index contributed by atoms with van der Waals surface area (Å²) in [6.07, 6.45) is 3.23. The minimum absolute atomic E-state index is 0.00388. The molecular weight excluding hydrogens is 339 g/mol. The second-order valence-electron chi connectivity index (χ2n) is 5.73. The van der Waals surface area contributed by atoms with Crippen LogP contribution < -0.4 is 5.32 Å². The molecule has 1 saturated carbocycles. The molecule has 2 amide bonds. The molecule has 0 atom stereocenters. The van der Waals surface area contributed by atoms with Gasteiger partial charge in [0.1, 0.15) is 11.4 Å². The van der Waals surface area contributed by atoms with Crippen molar-refractivity contribution in [1.82, 2.24) is 10.2 Å². The molecule has 0 bridgehead atoms. The summed E-state index contributed by atoms with van der Waals surface area (Å²) in [7, 11) is 0. The number of amides is 2. The van der Waals surface area contributed by atoms with Gasteiger partial charge >= 0.3 is 0 Å². The van der Waals surface area contributed by atoms with Gasteiger partial charge in [-0.25, -0.2) is 4.39 Å². The summed E-state index contributed by atoms with van der Waals surface area (Å²) in [5.74, 6) is -0.612. The van der Waals surface area contributed by atoms with Crippen LogP contribution in [0.3, 0.4) is 0 Å². The van der Waals surface area contributed by atoms with E-state index in [-0.39, 0.29) is 30.7 Å². The number of nitrogens with one attached hydrogen (secondary N) is 1. The molecule has 3 rings (SSSR count). The number of carbonyl (C=O) groups is 2. The largest absolute Gasteiger partial charge is 0.340 e. The van der Waals surface area contributed by atoms with Crippen molar-refractivity contribution in [2.24, 2.45) is 0 Å². The summed E-state index contributed by atoms with van der Waals surface area (Å²) in [4.78, 5) is 26.0. The van der Waals surface area contributed by atoms with E-state index in [0.717, 1.165) is 12.8 Å². The number of hydrogen-bond donors (Lipinski definition) is 1. The molecular formula is C15H16BrFN2O2. The van der Waals surface area contributed by atoms with Gasteiger partial charge in [0.25, 0.3) is 0 Å². The summed E-state index contributed by atoms with van der Waals surface area (Å²) in [6, 6.07) is 4.74. The second kappa shape index (κ2) is 5.40. The topological polar surface area (TPSA) is 49.4 Å². The highest BCUT2D eigenvalue weighted by Gasteiger charge is 2.48. The highest BCUT2D eigenvalue weighted by atomic mass is 79.9. The number of piperazine rings is 1. The maximum atomic E-state index is 13.9. The minimum atomic E-state index is -0.749. The van der Waals surface area contributed by atoms with Crippen LogP contribution in [0.15, 0.2) is 22.7 Å². The van der Waals surface area contributed by atoms with Crippen molar-refractivity contribution in [3.05, 3.63) is 34.1 Å². The standard InChI is InChI=1S/C15H16BrFN2O2/c16-11-4-3-10(12(17)7-11)8-19-9-13(20)18-15(14(19)21)5-1-2-6-15/h3-4,7H,1-2,5-6,8-9H2,(H,18,20). The fraction of sp³-hybridized carbons (Fsp3) is 0.467. The monoisotopic (exact) mass is 354 g/mol. The normalized spacial score (nSPS) is 21.0. The van der Waals surface area contributed by atoms with Crippen LogP contribution in [0.5, 0.6) is 0 Å². The molecule has 1 aliphatic carbocycles. The smallest absolute Gasteiger partial charge is 0.249 e. The van der Waals surface area contributed by atoms with E-state index in [0.29, 0.717) is 22.9 Å². The Kier molecular flexibility index (Phi) is 3.73. The van der Waals surface area contributed by atoms with Crippen molar-refractivity contribution < 1.29 is 14.0 Å². The van der Waals surface area contributed by atoms with E-state index in [1.807, 2.05) is 0 Å². The molecule has 2 fully saturated rings. The lowest BCUT2D eigenvalue weighted by atomic mass is 9.93. The van der Waals surface area contributed by atoms with Crippen molar-refractivity contribution in [3.63, 3.8) is 0 Å². The first kappa shape index (κ1) is 14.5. The van der Waals surface area contributed by atoms with Crippen LogP contribution in [0.25, 0.3) is 0 Å². The lowest BCUT2D eigenvalue weighted by Gasteiger charge is -2.39. The van der Waals surface area contributed by atoms with Crippen LogP contribution in [0.1, 0.15) is 31.2 Å². The number of hydrogen-bond acceptors (Lipinski definition) is 2. The lowest BCUT2D eigenvalue weighted by molar-refractivity contribution is -0.150. The molecule has 1 heterocycles. The van der Waals surface area contributed by atoms with E-state index in [1.54, 1.807) is 12.1 Å². The molecule has 4 nitrogen and oxygen atoms in total. The molecule has 0 radical (unpaired) electrons. The highest BCUT2D eigenvalue weighted by Crippen LogP contribution is 2.34. The molecule has 112 valence electrons. The first-order chi connectivity index (χ1) is 10.00. The Hall–Kier alpha value is -1.43. The third-order valence-electron chi connectivity index (χ3n) is 4.24. The van der Waals surface area contributed by atoms with E-state index >= 15 is 0 Å². The van der Waals surface area contributed by atoms with Gasteiger partial charge < -0.3 is 10.2 Å². The molecule has 6 heteroatoms. The summed E-state index contributed by atoms with van der Waals surface area (Å²) in [5, 5.41) is 2.85. The van der Waals surface area contributed by atoms with Crippen LogP contribution in [0.4, 0.5) is 4.39 Å². The molecule has 1 aromatic rings. The van der Waals surface area contributed by atoms with Crippen LogP contribution in [-0.2, 0) is 16.1 Å². The van der Waals surface area contributed by atoms with Gasteiger partial charge in [0, 0.05) is 16.6 Å². The quantitative estimate of drug-likeness (QED) is 0.886. The average molecular weight is 355 g/mol. The molecule has 1 aliphatic heterocycles. The van der Waals surface area contributed by atoms with Crippen molar-refractivity contribution in [3.8, 4) is 0 Å². The SMILES string of the molecule is O=C1CN(Cc2ccc(Br)cc2F)C(=O)C2(CCCC2)N1. The van der Waals surface area contributed by atoms with Gasteiger partial charge in [0.2, 0.25) is 11.8 Å². The van der Waals surface area contributed by atoms with Crippen LogP contribution in [-0.4, -0.2) is 28.8 Å². The number of benzene rings is 1. The van der Waals surface area contributed by atoms with Crippen LogP contribution in [0.2, 0.25) is 0 Å². The predicted molar refractivity (Wildman–Crippen MR) is 78.9 cm³/mol. The summed E-state index contributed by atoms with van der Waals surface area (Å²) < 4.78 is 14.6. The third kappa shape index (κ3) is 2.69. The Bertz CT molecular complexity index is 599. The number of halogens is 2. The number of rotatable bonds is 2.